The van der Waals surface area contributed by atoms with E-state index in [2.05, 4.69) is 10.6 Å². The van der Waals surface area contributed by atoms with Gasteiger partial charge in [-0.15, -0.1) is 0 Å². The second kappa shape index (κ2) is 8.55. The van der Waals surface area contributed by atoms with Gasteiger partial charge in [-0.1, -0.05) is 44.6 Å². The molecule has 0 bridgehead atoms. The summed E-state index contributed by atoms with van der Waals surface area (Å²) in [6, 6.07) is 6.73. The molecule has 3 rings (SSSR count). The van der Waals surface area contributed by atoms with Crippen LogP contribution in [0.2, 0.25) is 0 Å². The highest BCUT2D eigenvalue weighted by molar-refractivity contribution is 6.00. The van der Waals surface area contributed by atoms with E-state index >= 15 is 0 Å². The van der Waals surface area contributed by atoms with E-state index < -0.39 is 17.4 Å². The number of carboxylic acids is 1. The van der Waals surface area contributed by atoms with Gasteiger partial charge in [-0.2, -0.15) is 0 Å². The molecule has 1 aromatic carbocycles. The van der Waals surface area contributed by atoms with Crippen molar-refractivity contribution in [2.75, 3.05) is 5.32 Å². The first-order valence-electron chi connectivity index (χ1n) is 9.97. The van der Waals surface area contributed by atoms with E-state index in [9.17, 15) is 19.5 Å². The highest BCUT2D eigenvalue weighted by Crippen LogP contribution is 2.29. The van der Waals surface area contributed by atoms with E-state index in [0.717, 1.165) is 44.9 Å². The lowest BCUT2D eigenvalue weighted by Crippen LogP contribution is -2.55. The van der Waals surface area contributed by atoms with Gasteiger partial charge in [0, 0.05) is 17.2 Å². The number of carbonyl (C=O) groups is 3. The van der Waals surface area contributed by atoms with Crippen LogP contribution in [0.3, 0.4) is 0 Å². The van der Waals surface area contributed by atoms with Gasteiger partial charge in [0.25, 0.3) is 5.91 Å². The van der Waals surface area contributed by atoms with E-state index in [-0.39, 0.29) is 11.8 Å². The summed E-state index contributed by atoms with van der Waals surface area (Å²) in [5.74, 6) is -1.35. The summed E-state index contributed by atoms with van der Waals surface area (Å²) in [7, 11) is 0. The summed E-state index contributed by atoms with van der Waals surface area (Å²) in [6.07, 6.45) is 8.65. The van der Waals surface area contributed by atoms with Gasteiger partial charge in [0.2, 0.25) is 5.91 Å². The number of anilines is 1. The lowest BCUT2D eigenvalue weighted by Gasteiger charge is -2.34. The third kappa shape index (κ3) is 4.67. The number of hydrogen-bond acceptors (Lipinski definition) is 3. The molecule has 27 heavy (non-hydrogen) atoms. The molecule has 6 nitrogen and oxygen atoms in total. The van der Waals surface area contributed by atoms with Crippen LogP contribution >= 0.6 is 0 Å². The van der Waals surface area contributed by atoms with E-state index in [4.69, 9.17) is 0 Å². The van der Waals surface area contributed by atoms with Crippen LogP contribution in [0.5, 0.6) is 0 Å². The van der Waals surface area contributed by atoms with Crippen molar-refractivity contribution in [3.8, 4) is 0 Å². The normalized spacial score (nSPS) is 19.9. The maximum atomic E-state index is 12.7. The molecule has 2 amide bonds. The van der Waals surface area contributed by atoms with E-state index in [1.54, 1.807) is 24.3 Å². The molecular formula is C21H28N2O4. The molecule has 0 unspecified atom stereocenters. The molecule has 0 atom stereocenters. The average Bonchev–Trinajstić information content (AvgIpc) is 2.69. The Labute approximate surface area is 159 Å². The molecule has 2 saturated carbocycles. The van der Waals surface area contributed by atoms with Crippen LogP contribution < -0.4 is 10.6 Å². The average molecular weight is 372 g/mol. The van der Waals surface area contributed by atoms with E-state index in [0.29, 0.717) is 24.1 Å². The Morgan fingerprint density at radius 2 is 1.63 bits per heavy atom. The number of rotatable bonds is 5. The monoisotopic (exact) mass is 372 g/mol. The summed E-state index contributed by atoms with van der Waals surface area (Å²) in [4.78, 5) is 36.9. The van der Waals surface area contributed by atoms with Crippen molar-refractivity contribution in [1.29, 1.82) is 0 Å². The van der Waals surface area contributed by atoms with Crippen molar-refractivity contribution in [2.24, 2.45) is 5.92 Å². The smallest absolute Gasteiger partial charge is 0.329 e. The standard InChI is InChI=1S/C21H28N2O4/c24-18(15-8-3-1-4-9-15)22-17-11-7-10-16(14-17)19(25)23-21(20(26)27)12-5-2-6-13-21/h7,10-11,14-15H,1-6,8-9,12-13H2,(H,22,24)(H,23,25)(H,26,27). The molecule has 6 heteroatoms. The molecule has 0 aliphatic heterocycles. The van der Waals surface area contributed by atoms with E-state index in [1.807, 2.05) is 0 Å². The van der Waals surface area contributed by atoms with Gasteiger partial charge in [0.15, 0.2) is 0 Å². The van der Waals surface area contributed by atoms with Crippen LogP contribution in [0.4, 0.5) is 5.69 Å². The maximum absolute atomic E-state index is 12.7. The zero-order chi connectivity index (χ0) is 19.3. The summed E-state index contributed by atoms with van der Waals surface area (Å²) < 4.78 is 0. The Hall–Kier alpha value is -2.37. The predicted molar refractivity (Wildman–Crippen MR) is 103 cm³/mol. The SMILES string of the molecule is O=C(NC1(C(=O)O)CCCCC1)c1cccc(NC(=O)C2CCCCC2)c1. The summed E-state index contributed by atoms with van der Waals surface area (Å²) in [5.41, 5.74) is -0.245. The molecule has 3 N–H and O–H groups in total. The van der Waals surface area contributed by atoms with Crippen LogP contribution in [-0.2, 0) is 9.59 Å². The van der Waals surface area contributed by atoms with Crippen molar-refractivity contribution < 1.29 is 19.5 Å². The fourth-order valence-electron chi connectivity index (χ4n) is 4.18. The Kier molecular flexibility index (Phi) is 6.14. The minimum Gasteiger partial charge on any atom is -0.480 e. The molecule has 2 fully saturated rings. The highest BCUT2D eigenvalue weighted by atomic mass is 16.4. The Morgan fingerprint density at radius 3 is 2.30 bits per heavy atom. The van der Waals surface area contributed by atoms with Gasteiger partial charge in [-0.3, -0.25) is 9.59 Å². The van der Waals surface area contributed by atoms with E-state index in [1.165, 1.54) is 6.42 Å². The van der Waals surface area contributed by atoms with Gasteiger partial charge in [0.05, 0.1) is 0 Å². The van der Waals surface area contributed by atoms with Gasteiger partial charge in [-0.25, -0.2) is 4.79 Å². The second-order valence-electron chi connectivity index (χ2n) is 7.81. The fourth-order valence-corrected chi connectivity index (χ4v) is 4.18. The molecule has 2 aliphatic carbocycles. The van der Waals surface area contributed by atoms with Crippen molar-refractivity contribution in [3.63, 3.8) is 0 Å². The molecule has 0 heterocycles. The molecular weight excluding hydrogens is 344 g/mol. The van der Waals surface area contributed by atoms with Crippen LogP contribution in [0.25, 0.3) is 0 Å². The predicted octanol–water partition coefficient (Wildman–Crippen LogP) is 3.72. The number of hydrogen-bond donors (Lipinski definition) is 3. The van der Waals surface area contributed by atoms with Crippen molar-refractivity contribution in [1.82, 2.24) is 5.32 Å². The number of carbonyl (C=O) groups excluding carboxylic acids is 2. The first-order valence-corrected chi connectivity index (χ1v) is 9.97. The molecule has 1 aromatic rings. The molecule has 0 radical (unpaired) electrons. The number of nitrogens with one attached hydrogen (secondary N) is 2. The maximum Gasteiger partial charge on any atom is 0.329 e. The Morgan fingerprint density at radius 1 is 0.963 bits per heavy atom. The number of aliphatic carboxylic acids is 1. The van der Waals surface area contributed by atoms with Gasteiger partial charge >= 0.3 is 5.97 Å². The summed E-state index contributed by atoms with van der Waals surface area (Å²) in [5, 5.41) is 15.3. The van der Waals surface area contributed by atoms with Crippen LogP contribution in [-0.4, -0.2) is 28.4 Å². The van der Waals surface area contributed by atoms with Crippen molar-refractivity contribution in [3.05, 3.63) is 29.8 Å². The van der Waals surface area contributed by atoms with Gasteiger partial charge in [-0.05, 0) is 43.9 Å². The quantitative estimate of drug-likeness (QED) is 0.734. The molecule has 2 aliphatic rings. The highest BCUT2D eigenvalue weighted by Gasteiger charge is 2.41. The molecule has 0 spiro atoms. The molecule has 0 saturated heterocycles. The molecule has 146 valence electrons. The third-order valence-corrected chi connectivity index (χ3v) is 5.84. The largest absolute Gasteiger partial charge is 0.480 e. The second-order valence-corrected chi connectivity index (χ2v) is 7.81. The Bertz CT molecular complexity index is 704. The lowest BCUT2D eigenvalue weighted by molar-refractivity contribution is -0.146. The van der Waals surface area contributed by atoms with Crippen LogP contribution in [0, 0.1) is 5.92 Å². The number of amides is 2. The lowest BCUT2D eigenvalue weighted by atomic mass is 9.81. The van der Waals surface area contributed by atoms with Crippen LogP contribution in [0.15, 0.2) is 24.3 Å². The Balaban J connectivity index is 1.67. The van der Waals surface area contributed by atoms with Crippen molar-refractivity contribution in [2.45, 2.75) is 69.7 Å². The topological polar surface area (TPSA) is 95.5 Å². The zero-order valence-electron chi connectivity index (χ0n) is 15.6. The first-order chi connectivity index (χ1) is 13.0. The van der Waals surface area contributed by atoms with Crippen molar-refractivity contribution >= 4 is 23.5 Å². The van der Waals surface area contributed by atoms with Crippen LogP contribution in [0.1, 0.15) is 74.6 Å². The third-order valence-electron chi connectivity index (χ3n) is 5.84. The fraction of sp³-hybridized carbons (Fsp3) is 0.571. The number of benzene rings is 1. The first kappa shape index (κ1) is 19.4. The number of carboxylic acid groups (broad SMARTS) is 1. The van der Waals surface area contributed by atoms with Gasteiger partial charge < -0.3 is 15.7 Å². The summed E-state index contributed by atoms with van der Waals surface area (Å²) in [6.45, 7) is 0. The zero-order valence-corrected chi connectivity index (χ0v) is 15.6. The molecule has 0 aromatic heterocycles. The van der Waals surface area contributed by atoms with Gasteiger partial charge in [0.1, 0.15) is 5.54 Å². The summed E-state index contributed by atoms with van der Waals surface area (Å²) >= 11 is 0. The minimum absolute atomic E-state index is 0.00143. The minimum atomic E-state index is -1.18.